The van der Waals surface area contributed by atoms with Crippen molar-refractivity contribution in [3.05, 3.63) is 82.9 Å². The minimum atomic E-state index is -0.849. The second-order valence-electron chi connectivity index (χ2n) is 7.44. The first-order chi connectivity index (χ1) is 12.5. The highest BCUT2D eigenvalue weighted by Crippen LogP contribution is 2.41. The number of carbonyl (C=O) groups is 1. The fourth-order valence-electron chi connectivity index (χ4n) is 4.01. The molecule has 0 unspecified atom stereocenters. The predicted octanol–water partition coefficient (Wildman–Crippen LogP) is 5.82. The lowest BCUT2D eigenvalue weighted by molar-refractivity contribution is 0.0695. The molecule has 3 aromatic rings. The second kappa shape index (κ2) is 6.45. The lowest BCUT2D eigenvalue weighted by Crippen LogP contribution is -2.05. The molecule has 0 aliphatic heterocycles. The summed E-state index contributed by atoms with van der Waals surface area (Å²) in [6.45, 7) is 4.24. The Balaban J connectivity index is 1.84. The summed E-state index contributed by atoms with van der Waals surface area (Å²) in [5.74, 6) is -0.438. The van der Waals surface area contributed by atoms with Gasteiger partial charge in [0.2, 0.25) is 0 Å². The first kappa shape index (κ1) is 16.6. The highest BCUT2D eigenvalue weighted by molar-refractivity contribution is 5.91. The molecule has 0 saturated heterocycles. The molecule has 2 nitrogen and oxygen atoms in total. The van der Waals surface area contributed by atoms with Gasteiger partial charge >= 0.3 is 5.97 Å². The Hall–Kier alpha value is -2.87. The van der Waals surface area contributed by atoms with E-state index in [4.69, 9.17) is 0 Å². The lowest BCUT2D eigenvalue weighted by atomic mass is 9.90. The van der Waals surface area contributed by atoms with Crippen LogP contribution in [0.2, 0.25) is 0 Å². The maximum absolute atomic E-state index is 11.6. The average Bonchev–Trinajstić information content (AvgIpc) is 2.99. The van der Waals surface area contributed by atoms with E-state index in [1.54, 1.807) is 6.07 Å². The van der Waals surface area contributed by atoms with E-state index >= 15 is 0 Å². The molecule has 1 aliphatic rings. The summed E-state index contributed by atoms with van der Waals surface area (Å²) in [5.41, 5.74) is 8.96. The molecule has 0 heterocycles. The van der Waals surface area contributed by atoms with Gasteiger partial charge in [0.15, 0.2) is 0 Å². The van der Waals surface area contributed by atoms with Crippen molar-refractivity contribution in [3.8, 4) is 22.3 Å². The van der Waals surface area contributed by atoms with Gasteiger partial charge in [-0.25, -0.2) is 4.79 Å². The molecule has 4 rings (SSSR count). The van der Waals surface area contributed by atoms with Gasteiger partial charge in [0.05, 0.1) is 5.56 Å². The Bertz CT molecular complexity index is 999. The predicted molar refractivity (Wildman–Crippen MR) is 106 cm³/mol. The Morgan fingerprint density at radius 1 is 0.962 bits per heavy atom. The van der Waals surface area contributed by atoms with Crippen LogP contribution in [0.25, 0.3) is 22.3 Å². The van der Waals surface area contributed by atoms with Crippen LogP contribution >= 0.6 is 0 Å². The molecule has 0 amide bonds. The fourth-order valence-corrected chi connectivity index (χ4v) is 4.01. The molecule has 26 heavy (non-hydrogen) atoms. The summed E-state index contributed by atoms with van der Waals surface area (Å²) in [6.07, 6.45) is 1.70. The van der Waals surface area contributed by atoms with Crippen LogP contribution in [0.4, 0.5) is 0 Å². The SMILES string of the molecule is CC(C)Cc1cc(-c2cccc3c2Cc2ccccc2-3)ccc1C(=O)O. The number of hydrogen-bond acceptors (Lipinski definition) is 1. The normalized spacial score (nSPS) is 12.1. The summed E-state index contributed by atoms with van der Waals surface area (Å²) in [5, 5.41) is 9.51. The van der Waals surface area contributed by atoms with Crippen LogP contribution in [-0.4, -0.2) is 11.1 Å². The third kappa shape index (κ3) is 2.82. The van der Waals surface area contributed by atoms with Gasteiger partial charge in [-0.3, -0.25) is 0 Å². The molecule has 0 atom stereocenters. The second-order valence-corrected chi connectivity index (χ2v) is 7.44. The molecule has 1 N–H and O–H groups in total. The average molecular weight is 342 g/mol. The number of rotatable bonds is 4. The molecule has 0 fully saturated rings. The van der Waals surface area contributed by atoms with E-state index in [0.717, 1.165) is 24.0 Å². The quantitative estimate of drug-likeness (QED) is 0.507. The van der Waals surface area contributed by atoms with Gasteiger partial charge in [-0.05, 0) is 63.8 Å². The minimum Gasteiger partial charge on any atom is -0.478 e. The zero-order chi connectivity index (χ0) is 18.3. The Labute approximate surface area is 154 Å². The smallest absolute Gasteiger partial charge is 0.335 e. The first-order valence-electron chi connectivity index (χ1n) is 9.11. The van der Waals surface area contributed by atoms with Crippen LogP contribution in [-0.2, 0) is 12.8 Å². The van der Waals surface area contributed by atoms with E-state index in [2.05, 4.69) is 62.4 Å². The maximum atomic E-state index is 11.6. The molecule has 0 spiro atoms. The Morgan fingerprint density at radius 3 is 2.46 bits per heavy atom. The van der Waals surface area contributed by atoms with Gasteiger partial charge in [0.25, 0.3) is 0 Å². The molecule has 0 bridgehead atoms. The first-order valence-corrected chi connectivity index (χ1v) is 9.11. The Morgan fingerprint density at radius 2 is 1.69 bits per heavy atom. The third-order valence-corrected chi connectivity index (χ3v) is 5.13. The highest BCUT2D eigenvalue weighted by Gasteiger charge is 2.21. The number of carboxylic acids is 1. The molecule has 0 saturated carbocycles. The zero-order valence-electron chi connectivity index (χ0n) is 15.1. The van der Waals surface area contributed by atoms with E-state index in [1.165, 1.54) is 27.8 Å². The summed E-state index contributed by atoms with van der Waals surface area (Å²) in [6, 6.07) is 20.8. The Kier molecular flexibility index (Phi) is 4.12. The van der Waals surface area contributed by atoms with Gasteiger partial charge in [0, 0.05) is 0 Å². The summed E-state index contributed by atoms with van der Waals surface area (Å²) >= 11 is 0. The van der Waals surface area contributed by atoms with Crippen molar-refractivity contribution >= 4 is 5.97 Å². The van der Waals surface area contributed by atoms with Gasteiger partial charge in [-0.15, -0.1) is 0 Å². The largest absolute Gasteiger partial charge is 0.478 e. The van der Waals surface area contributed by atoms with Crippen molar-refractivity contribution in [1.29, 1.82) is 0 Å². The van der Waals surface area contributed by atoms with Gasteiger partial charge in [-0.1, -0.05) is 68.4 Å². The number of aromatic carboxylic acids is 1. The molecule has 130 valence electrons. The van der Waals surface area contributed by atoms with Crippen LogP contribution < -0.4 is 0 Å². The minimum absolute atomic E-state index is 0.411. The van der Waals surface area contributed by atoms with Crippen molar-refractivity contribution in [2.45, 2.75) is 26.7 Å². The molecular formula is C24H22O2. The molecular weight excluding hydrogens is 320 g/mol. The van der Waals surface area contributed by atoms with Crippen LogP contribution in [0.15, 0.2) is 60.7 Å². The molecule has 2 heteroatoms. The number of benzene rings is 3. The monoisotopic (exact) mass is 342 g/mol. The zero-order valence-corrected chi connectivity index (χ0v) is 15.1. The van der Waals surface area contributed by atoms with Crippen LogP contribution in [0, 0.1) is 5.92 Å². The van der Waals surface area contributed by atoms with Crippen molar-refractivity contribution in [3.63, 3.8) is 0 Å². The van der Waals surface area contributed by atoms with E-state index < -0.39 is 5.97 Å². The van der Waals surface area contributed by atoms with E-state index in [1.807, 2.05) is 6.07 Å². The van der Waals surface area contributed by atoms with E-state index in [-0.39, 0.29) is 0 Å². The van der Waals surface area contributed by atoms with Crippen LogP contribution in [0.3, 0.4) is 0 Å². The number of fused-ring (bicyclic) bond motifs is 3. The summed E-state index contributed by atoms with van der Waals surface area (Å²) < 4.78 is 0. The van der Waals surface area contributed by atoms with E-state index in [9.17, 15) is 9.90 Å². The summed E-state index contributed by atoms with van der Waals surface area (Å²) in [4.78, 5) is 11.6. The summed E-state index contributed by atoms with van der Waals surface area (Å²) in [7, 11) is 0. The van der Waals surface area contributed by atoms with Crippen molar-refractivity contribution in [1.82, 2.24) is 0 Å². The third-order valence-electron chi connectivity index (χ3n) is 5.13. The maximum Gasteiger partial charge on any atom is 0.335 e. The van der Waals surface area contributed by atoms with Crippen molar-refractivity contribution < 1.29 is 9.90 Å². The van der Waals surface area contributed by atoms with Crippen molar-refractivity contribution in [2.75, 3.05) is 0 Å². The number of carboxylic acid groups (broad SMARTS) is 1. The lowest BCUT2D eigenvalue weighted by Gasteiger charge is -2.14. The van der Waals surface area contributed by atoms with Gasteiger partial charge < -0.3 is 5.11 Å². The standard InChI is InChI=1S/C24H22O2/c1-15(2)12-18-13-17(10-11-21(18)24(25)26)20-8-5-9-22-19-7-4-3-6-16(19)14-23(20)22/h3-11,13,15H,12,14H2,1-2H3,(H,25,26). The highest BCUT2D eigenvalue weighted by atomic mass is 16.4. The van der Waals surface area contributed by atoms with Gasteiger partial charge in [0.1, 0.15) is 0 Å². The van der Waals surface area contributed by atoms with Gasteiger partial charge in [-0.2, -0.15) is 0 Å². The fraction of sp³-hybridized carbons (Fsp3) is 0.208. The topological polar surface area (TPSA) is 37.3 Å². The molecule has 1 aliphatic carbocycles. The van der Waals surface area contributed by atoms with Crippen LogP contribution in [0.1, 0.15) is 40.9 Å². The molecule has 0 aromatic heterocycles. The number of hydrogen-bond donors (Lipinski definition) is 1. The van der Waals surface area contributed by atoms with Crippen LogP contribution in [0.5, 0.6) is 0 Å². The molecule has 0 radical (unpaired) electrons. The van der Waals surface area contributed by atoms with E-state index in [0.29, 0.717) is 11.5 Å². The van der Waals surface area contributed by atoms with Crippen molar-refractivity contribution in [2.24, 2.45) is 5.92 Å². The molecule has 3 aromatic carbocycles.